The van der Waals surface area contributed by atoms with Crippen LogP contribution in [0.5, 0.6) is 0 Å². The van der Waals surface area contributed by atoms with Crippen molar-refractivity contribution in [3.8, 4) is 6.07 Å². The molecule has 2 heteroatoms. The summed E-state index contributed by atoms with van der Waals surface area (Å²) in [6, 6.07) is 8.53. The van der Waals surface area contributed by atoms with Gasteiger partial charge < -0.3 is 4.57 Å². The van der Waals surface area contributed by atoms with Crippen LogP contribution in [0.1, 0.15) is 11.1 Å². The molecule has 0 radical (unpaired) electrons. The predicted molar refractivity (Wildman–Crippen MR) is 57.0 cm³/mol. The minimum atomic E-state index is 0.424. The van der Waals surface area contributed by atoms with Crippen molar-refractivity contribution < 1.29 is 0 Å². The van der Waals surface area contributed by atoms with Crippen molar-refractivity contribution in [2.24, 2.45) is 0 Å². The monoisotopic (exact) mass is 184 g/mol. The fourth-order valence-electron chi connectivity index (χ4n) is 1.96. The molecule has 14 heavy (non-hydrogen) atoms. The second-order valence-corrected chi connectivity index (χ2v) is 3.62. The maximum absolute atomic E-state index is 8.67. The average Bonchev–Trinajstić information content (AvgIpc) is 2.49. The van der Waals surface area contributed by atoms with Crippen LogP contribution in [0.15, 0.2) is 24.4 Å². The SMILES string of the molecule is Cc1cc(C)c2c(ccn2CC#N)c1. The Kier molecular flexibility index (Phi) is 2.01. The molecule has 0 atom stereocenters. The Bertz CT molecular complexity index is 515. The Morgan fingerprint density at radius 3 is 2.86 bits per heavy atom. The van der Waals surface area contributed by atoms with Gasteiger partial charge in [0.05, 0.1) is 11.6 Å². The molecule has 2 aromatic rings. The van der Waals surface area contributed by atoms with E-state index < -0.39 is 0 Å². The van der Waals surface area contributed by atoms with Gasteiger partial charge in [-0.05, 0) is 31.5 Å². The number of aromatic nitrogens is 1. The number of nitriles is 1. The van der Waals surface area contributed by atoms with Crippen LogP contribution < -0.4 is 0 Å². The van der Waals surface area contributed by atoms with Gasteiger partial charge in [0.2, 0.25) is 0 Å². The van der Waals surface area contributed by atoms with Crippen molar-refractivity contribution in [2.45, 2.75) is 20.4 Å². The van der Waals surface area contributed by atoms with Gasteiger partial charge in [-0.25, -0.2) is 0 Å². The summed E-state index contributed by atoms with van der Waals surface area (Å²) >= 11 is 0. The number of nitrogens with zero attached hydrogens (tertiary/aromatic N) is 2. The van der Waals surface area contributed by atoms with Gasteiger partial charge in [-0.15, -0.1) is 0 Å². The van der Waals surface area contributed by atoms with Gasteiger partial charge in [0.25, 0.3) is 0 Å². The van der Waals surface area contributed by atoms with Crippen molar-refractivity contribution in [2.75, 3.05) is 0 Å². The fourth-order valence-corrected chi connectivity index (χ4v) is 1.96. The molecule has 0 amide bonds. The molecule has 0 N–H and O–H groups in total. The largest absolute Gasteiger partial charge is 0.333 e. The van der Waals surface area contributed by atoms with Crippen molar-refractivity contribution in [1.82, 2.24) is 4.57 Å². The number of aryl methyl sites for hydroxylation is 2. The van der Waals surface area contributed by atoms with Crippen LogP contribution in [0.3, 0.4) is 0 Å². The molecule has 0 aliphatic heterocycles. The van der Waals surface area contributed by atoms with Crippen LogP contribution in [0.2, 0.25) is 0 Å². The van der Waals surface area contributed by atoms with E-state index >= 15 is 0 Å². The first kappa shape index (κ1) is 8.83. The van der Waals surface area contributed by atoms with Gasteiger partial charge in [0.1, 0.15) is 6.54 Å². The highest BCUT2D eigenvalue weighted by molar-refractivity contribution is 5.84. The van der Waals surface area contributed by atoms with Crippen LogP contribution in [0.4, 0.5) is 0 Å². The predicted octanol–water partition coefficient (Wildman–Crippen LogP) is 2.78. The minimum Gasteiger partial charge on any atom is -0.333 e. The second kappa shape index (κ2) is 3.19. The molecule has 1 heterocycles. The molecule has 0 aliphatic rings. The quantitative estimate of drug-likeness (QED) is 0.670. The Balaban J connectivity index is 2.74. The molecule has 0 bridgehead atoms. The number of fused-ring (bicyclic) bond motifs is 1. The zero-order valence-corrected chi connectivity index (χ0v) is 8.41. The summed E-state index contributed by atoms with van der Waals surface area (Å²) in [5, 5.41) is 9.89. The lowest BCUT2D eigenvalue weighted by Crippen LogP contribution is -1.94. The van der Waals surface area contributed by atoms with Gasteiger partial charge in [0, 0.05) is 11.6 Å². The molecule has 0 unspecified atom stereocenters. The molecular weight excluding hydrogens is 172 g/mol. The van der Waals surface area contributed by atoms with Gasteiger partial charge >= 0.3 is 0 Å². The third-order valence-electron chi connectivity index (χ3n) is 2.44. The number of benzene rings is 1. The van der Waals surface area contributed by atoms with E-state index in [1.807, 2.05) is 10.8 Å². The highest BCUT2D eigenvalue weighted by Gasteiger charge is 2.03. The van der Waals surface area contributed by atoms with E-state index in [-0.39, 0.29) is 0 Å². The number of hydrogen-bond donors (Lipinski definition) is 0. The van der Waals surface area contributed by atoms with Crippen molar-refractivity contribution in [3.63, 3.8) is 0 Å². The third kappa shape index (κ3) is 1.27. The lowest BCUT2D eigenvalue weighted by molar-refractivity contribution is 0.871. The summed E-state index contributed by atoms with van der Waals surface area (Å²) in [6.07, 6.45) is 1.97. The fraction of sp³-hybridized carbons (Fsp3) is 0.250. The van der Waals surface area contributed by atoms with E-state index in [4.69, 9.17) is 5.26 Å². The van der Waals surface area contributed by atoms with Crippen LogP contribution in [-0.4, -0.2) is 4.57 Å². The smallest absolute Gasteiger partial charge is 0.110 e. The molecule has 0 saturated carbocycles. The highest BCUT2D eigenvalue weighted by Crippen LogP contribution is 2.21. The molecule has 0 aliphatic carbocycles. The van der Waals surface area contributed by atoms with Crippen molar-refractivity contribution in [3.05, 3.63) is 35.5 Å². The normalized spacial score (nSPS) is 10.4. The molecular formula is C12H12N2. The van der Waals surface area contributed by atoms with E-state index in [1.54, 1.807) is 0 Å². The molecule has 0 fully saturated rings. The minimum absolute atomic E-state index is 0.424. The zero-order valence-electron chi connectivity index (χ0n) is 8.41. The summed E-state index contributed by atoms with van der Waals surface area (Å²) in [7, 11) is 0. The van der Waals surface area contributed by atoms with Crippen LogP contribution in [0.25, 0.3) is 10.9 Å². The standard InChI is InChI=1S/C12H12N2/c1-9-7-10(2)12-11(8-9)3-5-14(12)6-4-13/h3,5,7-8H,6H2,1-2H3. The Morgan fingerprint density at radius 2 is 2.14 bits per heavy atom. The number of rotatable bonds is 1. The van der Waals surface area contributed by atoms with Crippen molar-refractivity contribution >= 4 is 10.9 Å². The lowest BCUT2D eigenvalue weighted by atomic mass is 10.1. The van der Waals surface area contributed by atoms with E-state index in [9.17, 15) is 0 Å². The zero-order chi connectivity index (χ0) is 10.1. The van der Waals surface area contributed by atoms with Crippen LogP contribution >= 0.6 is 0 Å². The van der Waals surface area contributed by atoms with Gasteiger partial charge in [0.15, 0.2) is 0 Å². The second-order valence-electron chi connectivity index (χ2n) is 3.62. The van der Waals surface area contributed by atoms with Gasteiger partial charge in [-0.1, -0.05) is 11.6 Å². The van der Waals surface area contributed by atoms with E-state index in [0.717, 1.165) is 0 Å². The van der Waals surface area contributed by atoms with Gasteiger partial charge in [-0.2, -0.15) is 5.26 Å². The van der Waals surface area contributed by atoms with Crippen LogP contribution in [0, 0.1) is 25.2 Å². The summed E-state index contributed by atoms with van der Waals surface area (Å²) in [5.41, 5.74) is 3.68. The summed E-state index contributed by atoms with van der Waals surface area (Å²) in [5.74, 6) is 0. The molecule has 1 aromatic carbocycles. The van der Waals surface area contributed by atoms with E-state index in [2.05, 4.69) is 38.1 Å². The number of hydrogen-bond acceptors (Lipinski definition) is 1. The van der Waals surface area contributed by atoms with E-state index in [0.29, 0.717) is 6.54 Å². The molecule has 2 nitrogen and oxygen atoms in total. The Labute approximate surface area is 83.4 Å². The maximum Gasteiger partial charge on any atom is 0.110 e. The summed E-state index contributed by atoms with van der Waals surface area (Å²) in [4.78, 5) is 0. The Hall–Kier alpha value is -1.75. The topological polar surface area (TPSA) is 28.7 Å². The first-order valence-electron chi connectivity index (χ1n) is 4.65. The average molecular weight is 184 g/mol. The van der Waals surface area contributed by atoms with Crippen molar-refractivity contribution in [1.29, 1.82) is 5.26 Å². The first-order valence-corrected chi connectivity index (χ1v) is 4.65. The first-order chi connectivity index (χ1) is 6.72. The molecule has 0 saturated heterocycles. The van der Waals surface area contributed by atoms with Crippen LogP contribution in [-0.2, 0) is 6.54 Å². The Morgan fingerprint density at radius 1 is 1.36 bits per heavy atom. The summed E-state index contributed by atoms with van der Waals surface area (Å²) < 4.78 is 1.99. The van der Waals surface area contributed by atoms with E-state index in [1.165, 1.54) is 22.0 Å². The molecule has 70 valence electrons. The molecule has 1 aromatic heterocycles. The molecule has 0 spiro atoms. The lowest BCUT2D eigenvalue weighted by Gasteiger charge is -2.04. The maximum atomic E-state index is 8.67. The van der Waals surface area contributed by atoms with Gasteiger partial charge in [-0.3, -0.25) is 0 Å². The highest BCUT2D eigenvalue weighted by atomic mass is 14.9. The third-order valence-corrected chi connectivity index (χ3v) is 2.44. The molecule has 2 rings (SSSR count). The summed E-state index contributed by atoms with van der Waals surface area (Å²) in [6.45, 7) is 4.60.